The van der Waals surface area contributed by atoms with Gasteiger partial charge in [-0.25, -0.2) is 19.3 Å². The summed E-state index contributed by atoms with van der Waals surface area (Å²) >= 11 is 0. The van der Waals surface area contributed by atoms with Crippen molar-refractivity contribution >= 4 is 39.6 Å². The third-order valence-corrected chi connectivity index (χ3v) is 6.24. The Labute approximate surface area is 191 Å². The van der Waals surface area contributed by atoms with E-state index in [1.807, 2.05) is 0 Å². The summed E-state index contributed by atoms with van der Waals surface area (Å²) in [6.45, 7) is 5.01. The number of nitrogens with zero attached hydrogens (tertiary/aromatic N) is 3. The molecule has 2 heterocycles. The third-order valence-electron chi connectivity index (χ3n) is 3.91. The first kappa shape index (κ1) is 25.9. The van der Waals surface area contributed by atoms with Gasteiger partial charge >= 0.3 is 12.1 Å². The Bertz CT molecular complexity index is 822. The molecule has 1 aliphatic rings. The maximum Gasteiger partial charge on any atom is 0.508 e. The molecule has 15 heteroatoms. The molecule has 1 aromatic rings. The van der Waals surface area contributed by atoms with Crippen LogP contribution < -0.4 is 5.73 Å². The van der Waals surface area contributed by atoms with E-state index in [4.69, 9.17) is 24.7 Å². The van der Waals surface area contributed by atoms with Gasteiger partial charge in [0, 0.05) is 17.1 Å². The lowest BCUT2D eigenvalue weighted by Gasteiger charge is -2.14. The van der Waals surface area contributed by atoms with Crippen molar-refractivity contribution in [3.63, 3.8) is 0 Å². The third kappa shape index (κ3) is 7.67. The van der Waals surface area contributed by atoms with E-state index in [0.29, 0.717) is 17.1 Å². The fourth-order valence-electron chi connectivity index (χ4n) is 2.36. The zero-order valence-corrected chi connectivity index (χ0v) is 18.8. The second-order valence-electron chi connectivity index (χ2n) is 6.43. The van der Waals surface area contributed by atoms with Crippen LogP contribution in [-0.2, 0) is 23.7 Å². The molecule has 0 spiro atoms. The Hall–Kier alpha value is -2.33. The predicted octanol–water partition coefficient (Wildman–Crippen LogP) is -0.350. The van der Waals surface area contributed by atoms with Gasteiger partial charge in [-0.05, 0) is 6.92 Å². The number of hydrogen-bond donors (Lipinski definition) is 3. The highest BCUT2D eigenvalue weighted by Gasteiger charge is 2.45. The lowest BCUT2D eigenvalue weighted by atomic mass is 10.1. The van der Waals surface area contributed by atoms with Gasteiger partial charge in [-0.15, -0.1) is 5.10 Å². The Kier molecular flexibility index (Phi) is 10.2. The molecule has 13 nitrogen and oxygen atoms in total. The maximum atomic E-state index is 11.7. The average Bonchev–Trinajstić information content (AvgIpc) is 3.34. The number of rotatable bonds is 12. The van der Waals surface area contributed by atoms with Crippen molar-refractivity contribution in [2.45, 2.75) is 31.5 Å². The average molecular weight is 493 g/mol. The number of esters is 1. The van der Waals surface area contributed by atoms with Crippen LogP contribution >= 0.6 is 21.6 Å². The SMILES string of the molecule is C=C(C)C(=O)OCCSSCCOC(=O)OCC1OC(n2cnc(C(N)=O)n2)C(O)C1O. The molecule has 0 saturated carbocycles. The van der Waals surface area contributed by atoms with Gasteiger partial charge < -0.3 is 34.9 Å². The number of ether oxygens (including phenoxy) is 4. The monoisotopic (exact) mass is 492 g/mol. The van der Waals surface area contributed by atoms with Crippen molar-refractivity contribution in [3.05, 3.63) is 24.3 Å². The second kappa shape index (κ2) is 12.6. The molecule has 1 amide bonds. The minimum Gasteiger partial charge on any atom is -0.461 e. The van der Waals surface area contributed by atoms with Crippen molar-refractivity contribution in [1.29, 1.82) is 0 Å². The Morgan fingerprint density at radius 1 is 1.19 bits per heavy atom. The van der Waals surface area contributed by atoms with E-state index < -0.39 is 42.6 Å². The molecule has 4 atom stereocenters. The maximum absolute atomic E-state index is 11.7. The predicted molar refractivity (Wildman–Crippen MR) is 112 cm³/mol. The number of aliphatic hydroxyl groups excluding tert-OH is 2. The van der Waals surface area contributed by atoms with E-state index in [-0.39, 0.29) is 25.6 Å². The van der Waals surface area contributed by atoms with Gasteiger partial charge in [0.15, 0.2) is 6.23 Å². The zero-order chi connectivity index (χ0) is 23.7. The molecule has 0 bridgehead atoms. The van der Waals surface area contributed by atoms with Crippen molar-refractivity contribution < 1.29 is 43.5 Å². The zero-order valence-electron chi connectivity index (χ0n) is 17.1. The number of aromatic nitrogens is 3. The molecular formula is C17H24N4O9S2. The molecule has 0 aliphatic carbocycles. The van der Waals surface area contributed by atoms with Gasteiger partial charge in [0.25, 0.3) is 5.91 Å². The number of carbonyl (C=O) groups excluding carboxylic acids is 3. The molecular weight excluding hydrogens is 468 g/mol. The van der Waals surface area contributed by atoms with Crippen molar-refractivity contribution in [2.24, 2.45) is 5.73 Å². The highest BCUT2D eigenvalue weighted by Crippen LogP contribution is 2.29. The van der Waals surface area contributed by atoms with Crippen LogP contribution in [0.5, 0.6) is 0 Å². The first-order chi connectivity index (χ1) is 15.2. The summed E-state index contributed by atoms with van der Waals surface area (Å²) in [7, 11) is 2.87. The molecule has 0 aromatic carbocycles. The largest absolute Gasteiger partial charge is 0.508 e. The summed E-state index contributed by atoms with van der Waals surface area (Å²) in [5.41, 5.74) is 5.41. The topological polar surface area (TPSA) is 185 Å². The fourth-order valence-corrected chi connectivity index (χ4v) is 4.01. The van der Waals surface area contributed by atoms with Crippen LogP contribution in [0.15, 0.2) is 18.5 Å². The summed E-state index contributed by atoms with van der Waals surface area (Å²) in [4.78, 5) is 37.6. The van der Waals surface area contributed by atoms with Gasteiger partial charge in [-0.3, -0.25) is 4.79 Å². The van der Waals surface area contributed by atoms with E-state index in [1.54, 1.807) is 6.92 Å². The summed E-state index contributed by atoms with van der Waals surface area (Å²) in [5.74, 6) is -0.522. The van der Waals surface area contributed by atoms with Gasteiger partial charge in [0.1, 0.15) is 44.5 Å². The van der Waals surface area contributed by atoms with Gasteiger partial charge in [0.05, 0.1) is 0 Å². The number of hydrogen-bond acceptors (Lipinski definition) is 13. The molecule has 1 aliphatic heterocycles. The number of amides is 1. The molecule has 1 saturated heterocycles. The summed E-state index contributed by atoms with van der Waals surface area (Å²) in [6.07, 6.45) is -4.80. The van der Waals surface area contributed by atoms with E-state index in [1.165, 1.54) is 21.6 Å². The summed E-state index contributed by atoms with van der Waals surface area (Å²) in [5, 5.41) is 24.0. The second-order valence-corrected chi connectivity index (χ2v) is 9.13. The van der Waals surface area contributed by atoms with Crippen LogP contribution in [-0.4, -0.2) is 92.6 Å². The molecule has 1 fully saturated rings. The number of aliphatic hydroxyl groups is 2. The van der Waals surface area contributed by atoms with E-state index in [0.717, 1.165) is 11.0 Å². The molecule has 2 rings (SSSR count). The highest BCUT2D eigenvalue weighted by atomic mass is 33.1. The lowest BCUT2D eigenvalue weighted by molar-refractivity contribution is -0.138. The van der Waals surface area contributed by atoms with Crippen LogP contribution in [0.25, 0.3) is 0 Å². The van der Waals surface area contributed by atoms with Crippen molar-refractivity contribution in [3.8, 4) is 0 Å². The van der Waals surface area contributed by atoms with Crippen LogP contribution in [0.4, 0.5) is 4.79 Å². The Morgan fingerprint density at radius 2 is 1.84 bits per heavy atom. The molecule has 32 heavy (non-hydrogen) atoms. The van der Waals surface area contributed by atoms with E-state index >= 15 is 0 Å². The standard InChI is InChI=1S/C17H24N4O9S2/c1-9(2)16(25)27-3-5-31-32-6-4-28-17(26)29-7-10-11(22)12(23)15(30-10)21-8-19-14(20-21)13(18)24/h8,10-12,15,22-23H,1,3-7H2,2H3,(H2,18,24). The van der Waals surface area contributed by atoms with Crippen molar-refractivity contribution in [1.82, 2.24) is 14.8 Å². The first-order valence-corrected chi connectivity index (χ1v) is 11.8. The Morgan fingerprint density at radius 3 is 2.44 bits per heavy atom. The molecule has 1 aromatic heterocycles. The molecule has 178 valence electrons. The number of nitrogens with two attached hydrogens (primary N) is 1. The van der Waals surface area contributed by atoms with Gasteiger partial charge in [0.2, 0.25) is 5.82 Å². The minimum absolute atomic E-state index is 0.0796. The number of primary amides is 1. The summed E-state index contributed by atoms with van der Waals surface area (Å²) in [6, 6.07) is 0. The fraction of sp³-hybridized carbons (Fsp3) is 0.588. The first-order valence-electron chi connectivity index (χ1n) is 9.29. The van der Waals surface area contributed by atoms with Gasteiger partial charge in [-0.1, -0.05) is 28.2 Å². The van der Waals surface area contributed by atoms with Crippen LogP contribution in [0.1, 0.15) is 23.8 Å². The quantitative estimate of drug-likeness (QED) is 0.149. The van der Waals surface area contributed by atoms with Crippen LogP contribution in [0.3, 0.4) is 0 Å². The highest BCUT2D eigenvalue weighted by molar-refractivity contribution is 8.76. The van der Waals surface area contributed by atoms with E-state index in [9.17, 15) is 24.6 Å². The summed E-state index contributed by atoms with van der Waals surface area (Å²) < 4.78 is 21.2. The number of carbonyl (C=O) groups is 3. The molecule has 4 N–H and O–H groups in total. The normalized spacial score (nSPS) is 22.3. The molecule has 4 unspecified atom stereocenters. The van der Waals surface area contributed by atoms with E-state index in [2.05, 4.69) is 16.7 Å². The smallest absolute Gasteiger partial charge is 0.461 e. The Balaban J connectivity index is 1.61. The minimum atomic E-state index is -1.40. The lowest BCUT2D eigenvalue weighted by Crippen LogP contribution is -2.34. The molecule has 0 radical (unpaired) electrons. The van der Waals surface area contributed by atoms with Crippen LogP contribution in [0, 0.1) is 0 Å². The van der Waals surface area contributed by atoms with Crippen molar-refractivity contribution in [2.75, 3.05) is 31.3 Å². The van der Waals surface area contributed by atoms with Gasteiger partial charge in [-0.2, -0.15) is 0 Å². The van der Waals surface area contributed by atoms with Crippen LogP contribution in [0.2, 0.25) is 0 Å².